The van der Waals surface area contributed by atoms with Crippen LogP contribution in [0, 0.1) is 0 Å². The minimum atomic E-state index is 0.740. The highest BCUT2D eigenvalue weighted by molar-refractivity contribution is 5.87. The Kier molecular flexibility index (Phi) is 1.82. The fourth-order valence-corrected chi connectivity index (χ4v) is 1.23. The molecule has 0 aromatic carbocycles. The maximum Gasteiger partial charge on any atom is 0.182 e. The zero-order chi connectivity index (χ0) is 9.26. The van der Waals surface area contributed by atoms with Crippen molar-refractivity contribution in [3.8, 4) is 0 Å². The fraction of sp³-hybridized carbons (Fsp3) is 0.286. The van der Waals surface area contributed by atoms with Crippen LogP contribution in [0.15, 0.2) is 12.4 Å². The smallest absolute Gasteiger partial charge is 0.182 e. The van der Waals surface area contributed by atoms with Gasteiger partial charge in [0.1, 0.15) is 0 Å². The Morgan fingerprint density at radius 3 is 3.08 bits per heavy atom. The molecule has 0 spiro atoms. The lowest BCUT2D eigenvalue weighted by molar-refractivity contribution is 0.672. The SMILES string of the molecule is CCn1ncc2c(NN)cnnc21. The van der Waals surface area contributed by atoms with E-state index in [1.165, 1.54) is 0 Å². The van der Waals surface area contributed by atoms with Crippen LogP contribution in [-0.2, 0) is 6.54 Å². The predicted molar refractivity (Wildman–Crippen MR) is 48.8 cm³/mol. The Labute approximate surface area is 74.7 Å². The molecule has 2 rings (SSSR count). The van der Waals surface area contributed by atoms with Crippen molar-refractivity contribution >= 4 is 16.7 Å². The second kappa shape index (κ2) is 2.98. The summed E-state index contributed by atoms with van der Waals surface area (Å²) in [5.74, 6) is 5.31. The molecule has 6 nitrogen and oxygen atoms in total. The summed E-state index contributed by atoms with van der Waals surface area (Å²) >= 11 is 0. The van der Waals surface area contributed by atoms with E-state index in [1.807, 2.05) is 6.92 Å². The number of rotatable bonds is 2. The van der Waals surface area contributed by atoms with E-state index in [0.29, 0.717) is 0 Å². The van der Waals surface area contributed by atoms with Crippen molar-refractivity contribution in [3.63, 3.8) is 0 Å². The first-order valence-electron chi connectivity index (χ1n) is 4.00. The molecule has 2 heterocycles. The van der Waals surface area contributed by atoms with Gasteiger partial charge in [0.05, 0.1) is 23.5 Å². The van der Waals surface area contributed by atoms with Gasteiger partial charge in [0.25, 0.3) is 0 Å². The van der Waals surface area contributed by atoms with E-state index >= 15 is 0 Å². The number of nitrogens with one attached hydrogen (secondary N) is 1. The van der Waals surface area contributed by atoms with Gasteiger partial charge in [-0.1, -0.05) is 0 Å². The van der Waals surface area contributed by atoms with E-state index in [1.54, 1.807) is 17.1 Å². The Bertz CT molecular complexity index is 420. The van der Waals surface area contributed by atoms with Gasteiger partial charge < -0.3 is 5.43 Å². The predicted octanol–water partition coefficient (Wildman–Crippen LogP) is 0.132. The average molecular weight is 178 g/mol. The van der Waals surface area contributed by atoms with Crippen LogP contribution in [-0.4, -0.2) is 20.0 Å². The van der Waals surface area contributed by atoms with Crippen LogP contribution in [0.25, 0.3) is 11.0 Å². The first-order chi connectivity index (χ1) is 6.36. The van der Waals surface area contributed by atoms with Crippen LogP contribution >= 0.6 is 0 Å². The van der Waals surface area contributed by atoms with E-state index in [0.717, 1.165) is 23.3 Å². The molecule has 0 bridgehead atoms. The fourth-order valence-electron chi connectivity index (χ4n) is 1.23. The number of nitrogens with zero attached hydrogens (tertiary/aromatic N) is 4. The third-order valence-corrected chi connectivity index (χ3v) is 1.90. The summed E-state index contributed by atoms with van der Waals surface area (Å²) in [7, 11) is 0. The summed E-state index contributed by atoms with van der Waals surface area (Å²) in [4.78, 5) is 0. The van der Waals surface area contributed by atoms with Gasteiger partial charge in [0, 0.05) is 6.54 Å². The van der Waals surface area contributed by atoms with Gasteiger partial charge in [-0.3, -0.25) is 5.84 Å². The second-order valence-corrected chi connectivity index (χ2v) is 2.60. The lowest BCUT2D eigenvalue weighted by atomic mass is 10.3. The highest BCUT2D eigenvalue weighted by atomic mass is 15.3. The normalized spacial score (nSPS) is 10.6. The van der Waals surface area contributed by atoms with Gasteiger partial charge >= 0.3 is 0 Å². The molecule has 13 heavy (non-hydrogen) atoms. The number of aromatic nitrogens is 4. The molecule has 0 aliphatic rings. The zero-order valence-electron chi connectivity index (χ0n) is 7.23. The Morgan fingerprint density at radius 1 is 1.54 bits per heavy atom. The molecule has 0 aliphatic heterocycles. The monoisotopic (exact) mass is 178 g/mol. The summed E-state index contributed by atoms with van der Waals surface area (Å²) in [5, 5.41) is 12.8. The summed E-state index contributed by atoms with van der Waals surface area (Å²) < 4.78 is 1.77. The molecular weight excluding hydrogens is 168 g/mol. The number of aryl methyl sites for hydroxylation is 1. The Balaban J connectivity index is 2.72. The molecular formula is C7H10N6. The zero-order valence-corrected chi connectivity index (χ0v) is 7.23. The lowest BCUT2D eigenvalue weighted by Gasteiger charge is -1.99. The molecule has 0 unspecified atom stereocenters. The molecule has 0 aliphatic carbocycles. The third kappa shape index (κ3) is 1.11. The molecule has 0 amide bonds. The van der Waals surface area contributed by atoms with E-state index < -0.39 is 0 Å². The van der Waals surface area contributed by atoms with E-state index in [9.17, 15) is 0 Å². The minimum absolute atomic E-state index is 0.740. The number of hydrogen-bond donors (Lipinski definition) is 2. The highest BCUT2D eigenvalue weighted by Crippen LogP contribution is 2.18. The molecule has 68 valence electrons. The van der Waals surface area contributed by atoms with Crippen molar-refractivity contribution in [2.75, 3.05) is 5.43 Å². The third-order valence-electron chi connectivity index (χ3n) is 1.90. The van der Waals surface area contributed by atoms with Gasteiger partial charge in [-0.05, 0) is 6.92 Å². The molecule has 0 radical (unpaired) electrons. The summed E-state index contributed by atoms with van der Waals surface area (Å²) in [6.45, 7) is 2.77. The first-order valence-corrected chi connectivity index (χ1v) is 4.00. The molecule has 2 aromatic rings. The minimum Gasteiger partial charge on any atom is -0.322 e. The summed E-state index contributed by atoms with van der Waals surface area (Å²) in [5.41, 5.74) is 4.04. The first kappa shape index (κ1) is 7.93. The Hall–Kier alpha value is -1.69. The van der Waals surface area contributed by atoms with Crippen molar-refractivity contribution < 1.29 is 0 Å². The summed E-state index contributed by atoms with van der Waals surface area (Å²) in [6.07, 6.45) is 3.30. The van der Waals surface area contributed by atoms with E-state index in [4.69, 9.17) is 5.84 Å². The second-order valence-electron chi connectivity index (χ2n) is 2.60. The molecule has 0 saturated carbocycles. The number of hydrazine groups is 1. The van der Waals surface area contributed by atoms with Crippen LogP contribution in [0.2, 0.25) is 0 Å². The van der Waals surface area contributed by atoms with Crippen molar-refractivity contribution in [2.45, 2.75) is 13.5 Å². The van der Waals surface area contributed by atoms with Gasteiger partial charge in [0.15, 0.2) is 5.65 Å². The topological polar surface area (TPSA) is 81.7 Å². The standard InChI is InChI=1S/C7H10N6/c1-2-13-7-5(3-10-13)6(11-8)4-9-12-7/h3-4H,2,8H2,1H3,(H,11,12). The van der Waals surface area contributed by atoms with E-state index in [-0.39, 0.29) is 0 Å². The van der Waals surface area contributed by atoms with E-state index in [2.05, 4.69) is 20.7 Å². The van der Waals surface area contributed by atoms with Crippen LogP contribution in [0.1, 0.15) is 6.92 Å². The van der Waals surface area contributed by atoms with Crippen molar-refractivity contribution in [1.29, 1.82) is 0 Å². The number of fused-ring (bicyclic) bond motifs is 1. The molecule has 2 aromatic heterocycles. The number of anilines is 1. The molecule has 0 saturated heterocycles. The van der Waals surface area contributed by atoms with Crippen molar-refractivity contribution in [2.24, 2.45) is 5.84 Å². The van der Waals surface area contributed by atoms with Gasteiger partial charge in [-0.15, -0.1) is 5.10 Å². The van der Waals surface area contributed by atoms with Gasteiger partial charge in [-0.2, -0.15) is 10.2 Å². The maximum atomic E-state index is 5.31. The lowest BCUT2D eigenvalue weighted by Crippen LogP contribution is -2.08. The molecule has 6 heteroatoms. The van der Waals surface area contributed by atoms with Crippen LogP contribution in [0.5, 0.6) is 0 Å². The Morgan fingerprint density at radius 2 is 2.38 bits per heavy atom. The summed E-state index contributed by atoms with van der Waals surface area (Å²) in [6, 6.07) is 0. The molecule has 3 N–H and O–H groups in total. The van der Waals surface area contributed by atoms with Crippen LogP contribution in [0.3, 0.4) is 0 Å². The van der Waals surface area contributed by atoms with Crippen molar-refractivity contribution in [1.82, 2.24) is 20.0 Å². The van der Waals surface area contributed by atoms with Gasteiger partial charge in [-0.25, -0.2) is 4.68 Å². The largest absolute Gasteiger partial charge is 0.322 e. The number of nitrogens with two attached hydrogens (primary N) is 1. The maximum absolute atomic E-state index is 5.31. The highest BCUT2D eigenvalue weighted by Gasteiger charge is 2.06. The van der Waals surface area contributed by atoms with Crippen molar-refractivity contribution in [3.05, 3.63) is 12.4 Å². The van der Waals surface area contributed by atoms with Gasteiger partial charge in [0.2, 0.25) is 0 Å². The molecule has 0 atom stereocenters. The average Bonchev–Trinajstić information content (AvgIpc) is 2.60. The quantitative estimate of drug-likeness (QED) is 0.504. The number of nitrogen functional groups attached to an aromatic ring is 1. The molecule has 0 fully saturated rings. The number of hydrogen-bond acceptors (Lipinski definition) is 5. The van der Waals surface area contributed by atoms with Crippen LogP contribution < -0.4 is 11.3 Å². The van der Waals surface area contributed by atoms with Crippen LogP contribution in [0.4, 0.5) is 5.69 Å².